The van der Waals surface area contributed by atoms with E-state index in [-0.39, 0.29) is 0 Å². The average Bonchev–Trinajstić information content (AvgIpc) is 2.38. The third-order valence-corrected chi connectivity index (χ3v) is 2.58. The maximum absolute atomic E-state index is 11.5. The molecule has 0 unspecified atom stereocenters. The summed E-state index contributed by atoms with van der Waals surface area (Å²) in [6, 6.07) is 6.32. The molecule has 0 amide bonds. The van der Waals surface area contributed by atoms with Gasteiger partial charge in [0.05, 0.1) is 4.92 Å². The van der Waals surface area contributed by atoms with E-state index in [9.17, 15) is 14.9 Å². The van der Waals surface area contributed by atoms with E-state index in [1.165, 1.54) is 12.1 Å². The van der Waals surface area contributed by atoms with Crippen molar-refractivity contribution in [3.63, 3.8) is 0 Å². The van der Waals surface area contributed by atoms with Crippen molar-refractivity contribution >= 4 is 5.69 Å². The van der Waals surface area contributed by atoms with Gasteiger partial charge in [-0.05, 0) is 24.6 Å². The second-order valence-electron chi connectivity index (χ2n) is 3.73. The molecule has 0 spiro atoms. The zero-order chi connectivity index (χ0) is 13.1. The van der Waals surface area contributed by atoms with Crippen LogP contribution in [0.4, 0.5) is 5.69 Å². The minimum Gasteiger partial charge on any atom is -0.316 e. The number of aromatic amines is 1. The lowest BCUT2D eigenvalue weighted by molar-refractivity contribution is -0.386. The summed E-state index contributed by atoms with van der Waals surface area (Å²) in [5, 5.41) is 10.5. The maximum atomic E-state index is 11.5. The molecular weight excluding hydrogens is 234 g/mol. The number of hydrogen-bond donors (Lipinski definition) is 1. The summed E-state index contributed by atoms with van der Waals surface area (Å²) in [5.41, 5.74) is 1.07. The van der Waals surface area contributed by atoms with Crippen LogP contribution in [0.2, 0.25) is 0 Å². The fourth-order valence-electron chi connectivity index (χ4n) is 1.62. The predicted molar refractivity (Wildman–Crippen MR) is 66.3 cm³/mol. The van der Waals surface area contributed by atoms with Crippen LogP contribution in [0.15, 0.2) is 35.3 Å². The van der Waals surface area contributed by atoms with Crippen molar-refractivity contribution in [2.45, 2.75) is 13.3 Å². The number of aryl methyl sites for hydroxylation is 1. The second-order valence-corrected chi connectivity index (χ2v) is 3.73. The van der Waals surface area contributed by atoms with Crippen molar-refractivity contribution in [1.82, 2.24) is 9.97 Å². The summed E-state index contributed by atoms with van der Waals surface area (Å²) in [4.78, 5) is 28.0. The van der Waals surface area contributed by atoms with E-state index >= 15 is 0 Å². The zero-order valence-corrected chi connectivity index (χ0v) is 9.71. The van der Waals surface area contributed by atoms with Crippen LogP contribution in [-0.4, -0.2) is 14.9 Å². The Hall–Kier alpha value is -2.50. The highest BCUT2D eigenvalue weighted by Gasteiger charge is 2.12. The smallest absolute Gasteiger partial charge is 0.316 e. The summed E-state index contributed by atoms with van der Waals surface area (Å²) >= 11 is 0. The molecule has 2 heterocycles. The molecule has 0 aromatic carbocycles. The summed E-state index contributed by atoms with van der Waals surface area (Å²) in [6.45, 7) is 1.98. The van der Waals surface area contributed by atoms with Crippen LogP contribution in [0.25, 0.3) is 11.3 Å². The standard InChI is InChI=1S/C12H11N3O3/c1-2-9-7-8(5-6-13-9)10-3-4-11(15(17)18)12(16)14-10/h3-7H,2H2,1H3,(H,14,16). The number of H-pyrrole nitrogens is 1. The fraction of sp³-hybridized carbons (Fsp3) is 0.167. The van der Waals surface area contributed by atoms with E-state index in [4.69, 9.17) is 0 Å². The van der Waals surface area contributed by atoms with E-state index in [0.29, 0.717) is 5.69 Å². The zero-order valence-electron chi connectivity index (χ0n) is 9.71. The number of hydrogen-bond acceptors (Lipinski definition) is 4. The minimum atomic E-state index is -0.702. The number of rotatable bonds is 3. The number of pyridine rings is 2. The van der Waals surface area contributed by atoms with Crippen LogP contribution in [0, 0.1) is 10.1 Å². The molecule has 92 valence electrons. The molecule has 6 nitrogen and oxygen atoms in total. The summed E-state index contributed by atoms with van der Waals surface area (Å²) in [7, 11) is 0. The van der Waals surface area contributed by atoms with Crippen LogP contribution in [0.3, 0.4) is 0 Å². The maximum Gasteiger partial charge on any atom is 0.333 e. The SMILES string of the molecule is CCc1cc(-c2ccc([N+](=O)[O-])c(=O)[nH]2)ccn1. The molecule has 2 aromatic heterocycles. The number of nitro groups is 1. The molecule has 0 aliphatic heterocycles. The number of nitrogens with one attached hydrogen (secondary N) is 1. The number of nitrogens with zero attached hydrogens (tertiary/aromatic N) is 2. The average molecular weight is 245 g/mol. The lowest BCUT2D eigenvalue weighted by Gasteiger charge is -2.03. The lowest BCUT2D eigenvalue weighted by atomic mass is 10.1. The van der Waals surface area contributed by atoms with Crippen molar-refractivity contribution in [3.8, 4) is 11.3 Å². The third kappa shape index (κ3) is 2.27. The highest BCUT2D eigenvalue weighted by Crippen LogP contribution is 2.17. The Kier molecular flexibility index (Phi) is 3.18. The van der Waals surface area contributed by atoms with E-state index < -0.39 is 16.2 Å². The van der Waals surface area contributed by atoms with Crippen LogP contribution in [0.5, 0.6) is 0 Å². The molecule has 18 heavy (non-hydrogen) atoms. The first-order chi connectivity index (χ1) is 8.61. The van der Waals surface area contributed by atoms with Gasteiger partial charge >= 0.3 is 11.2 Å². The van der Waals surface area contributed by atoms with Gasteiger partial charge in [0.15, 0.2) is 0 Å². The van der Waals surface area contributed by atoms with Crippen LogP contribution >= 0.6 is 0 Å². The van der Waals surface area contributed by atoms with Crippen molar-refractivity contribution in [2.75, 3.05) is 0 Å². The summed E-state index contributed by atoms with van der Waals surface area (Å²) < 4.78 is 0. The first-order valence-electron chi connectivity index (χ1n) is 5.45. The molecule has 0 aliphatic rings. The molecule has 0 bridgehead atoms. The molecule has 0 aliphatic carbocycles. The highest BCUT2D eigenvalue weighted by molar-refractivity contribution is 5.59. The molecule has 2 aromatic rings. The van der Waals surface area contributed by atoms with Crippen molar-refractivity contribution in [3.05, 3.63) is 56.6 Å². The van der Waals surface area contributed by atoms with Gasteiger partial charge in [-0.1, -0.05) is 6.92 Å². The Bertz CT molecular complexity index is 649. The summed E-state index contributed by atoms with van der Waals surface area (Å²) in [5.74, 6) is 0. The van der Waals surface area contributed by atoms with Crippen LogP contribution in [-0.2, 0) is 6.42 Å². The van der Waals surface area contributed by atoms with Crippen molar-refractivity contribution in [2.24, 2.45) is 0 Å². The monoisotopic (exact) mass is 245 g/mol. The Labute approximate surface area is 102 Å². The van der Waals surface area contributed by atoms with Gasteiger partial charge in [-0.15, -0.1) is 0 Å². The van der Waals surface area contributed by atoms with E-state index in [0.717, 1.165) is 17.7 Å². The Balaban J connectivity index is 2.48. The van der Waals surface area contributed by atoms with Gasteiger partial charge < -0.3 is 4.98 Å². The quantitative estimate of drug-likeness (QED) is 0.660. The molecule has 0 radical (unpaired) electrons. The highest BCUT2D eigenvalue weighted by atomic mass is 16.6. The second kappa shape index (κ2) is 4.79. The topological polar surface area (TPSA) is 88.9 Å². The third-order valence-electron chi connectivity index (χ3n) is 2.58. The molecule has 0 saturated carbocycles. The van der Waals surface area contributed by atoms with Crippen LogP contribution in [0.1, 0.15) is 12.6 Å². The van der Waals surface area contributed by atoms with Gasteiger partial charge in [0.2, 0.25) is 0 Å². The van der Waals surface area contributed by atoms with Crippen molar-refractivity contribution in [1.29, 1.82) is 0 Å². The van der Waals surface area contributed by atoms with Gasteiger partial charge in [0, 0.05) is 29.2 Å². The molecule has 1 N–H and O–H groups in total. The molecule has 0 saturated heterocycles. The first-order valence-corrected chi connectivity index (χ1v) is 5.45. The van der Waals surface area contributed by atoms with Gasteiger partial charge in [-0.2, -0.15) is 0 Å². The molecule has 0 atom stereocenters. The minimum absolute atomic E-state index is 0.455. The van der Waals surface area contributed by atoms with Gasteiger partial charge in [-0.3, -0.25) is 19.9 Å². The van der Waals surface area contributed by atoms with Gasteiger partial charge in [0.25, 0.3) is 0 Å². The molecule has 2 rings (SSSR count). The normalized spacial score (nSPS) is 10.3. The van der Waals surface area contributed by atoms with Gasteiger partial charge in [-0.25, -0.2) is 0 Å². The predicted octanol–water partition coefficient (Wildman–Crippen LogP) is 1.91. The van der Waals surface area contributed by atoms with E-state index in [1.807, 2.05) is 13.0 Å². The Morgan fingerprint density at radius 2 is 2.17 bits per heavy atom. The molecule has 0 fully saturated rings. The van der Waals surface area contributed by atoms with E-state index in [2.05, 4.69) is 9.97 Å². The molecular formula is C12H11N3O3. The number of aromatic nitrogens is 2. The van der Waals surface area contributed by atoms with Crippen molar-refractivity contribution < 1.29 is 4.92 Å². The first kappa shape index (κ1) is 12.0. The Morgan fingerprint density at radius 3 is 2.78 bits per heavy atom. The lowest BCUT2D eigenvalue weighted by Crippen LogP contribution is -2.11. The largest absolute Gasteiger partial charge is 0.333 e. The Morgan fingerprint density at radius 1 is 1.39 bits per heavy atom. The van der Waals surface area contributed by atoms with Crippen LogP contribution < -0.4 is 5.56 Å². The fourth-order valence-corrected chi connectivity index (χ4v) is 1.62. The van der Waals surface area contributed by atoms with Gasteiger partial charge in [0.1, 0.15) is 0 Å². The summed E-state index contributed by atoms with van der Waals surface area (Å²) in [6.07, 6.45) is 2.43. The van der Waals surface area contributed by atoms with E-state index in [1.54, 1.807) is 12.3 Å². The molecule has 6 heteroatoms.